The predicted octanol–water partition coefficient (Wildman–Crippen LogP) is 4.71. The fraction of sp³-hybridized carbons (Fsp3) is 0.857. The van der Waals surface area contributed by atoms with Crippen molar-refractivity contribution in [2.24, 2.45) is 0 Å². The second kappa shape index (κ2) is 17.9. The molecule has 0 aromatic heterocycles. The Balaban J connectivity index is 4.14. The lowest BCUT2D eigenvalue weighted by atomic mass is 10.1. The molecule has 0 bridgehead atoms. The zero-order chi connectivity index (χ0) is 18.8. The van der Waals surface area contributed by atoms with E-state index in [1.54, 1.807) is 13.0 Å². The van der Waals surface area contributed by atoms with Gasteiger partial charge in [0.15, 0.2) is 0 Å². The van der Waals surface area contributed by atoms with Crippen LogP contribution in [0.25, 0.3) is 0 Å². The molecular formula is C21H41NO3. The molecule has 1 atom stereocenters. The van der Waals surface area contributed by atoms with Crippen LogP contribution in [0, 0.1) is 0 Å². The van der Waals surface area contributed by atoms with Gasteiger partial charge in [-0.1, -0.05) is 71.3 Å². The molecule has 0 saturated heterocycles. The highest BCUT2D eigenvalue weighted by Gasteiger charge is 2.12. The highest BCUT2D eigenvalue weighted by molar-refractivity contribution is 5.81. The van der Waals surface area contributed by atoms with Gasteiger partial charge in [0.2, 0.25) is 0 Å². The molecule has 4 heteroatoms. The van der Waals surface area contributed by atoms with Gasteiger partial charge in [0.1, 0.15) is 6.61 Å². The number of allylic oxidation sites excluding steroid dienone is 1. The average Bonchev–Trinajstić information content (AvgIpc) is 2.58. The van der Waals surface area contributed by atoms with Crippen molar-refractivity contribution >= 4 is 5.97 Å². The quantitative estimate of drug-likeness (QED) is 0.233. The number of aliphatic hydroxyl groups excluding tert-OH is 1. The lowest BCUT2D eigenvalue weighted by molar-refractivity contribution is -0.138. The van der Waals surface area contributed by atoms with E-state index in [2.05, 4.69) is 18.7 Å². The molecule has 0 aliphatic carbocycles. The maximum Gasteiger partial charge on any atom is 0.330 e. The Morgan fingerprint density at radius 3 is 2.28 bits per heavy atom. The van der Waals surface area contributed by atoms with E-state index in [4.69, 9.17) is 4.74 Å². The Morgan fingerprint density at radius 2 is 1.64 bits per heavy atom. The molecule has 0 fully saturated rings. The van der Waals surface area contributed by atoms with E-state index >= 15 is 0 Å². The number of nitrogens with zero attached hydrogens (tertiary/aromatic N) is 1. The second-order valence-corrected chi connectivity index (χ2v) is 6.89. The molecule has 0 aromatic rings. The number of aliphatic hydroxyl groups is 1. The van der Waals surface area contributed by atoms with Crippen molar-refractivity contribution in [2.45, 2.75) is 91.1 Å². The molecule has 0 spiro atoms. The summed E-state index contributed by atoms with van der Waals surface area (Å²) >= 11 is 0. The molecule has 148 valence electrons. The summed E-state index contributed by atoms with van der Waals surface area (Å²) in [6, 6.07) is 0. The Labute approximate surface area is 155 Å². The zero-order valence-corrected chi connectivity index (χ0v) is 16.8. The summed E-state index contributed by atoms with van der Waals surface area (Å²) in [6.07, 6.45) is 14.7. The van der Waals surface area contributed by atoms with Gasteiger partial charge in [0.25, 0.3) is 0 Å². The third kappa shape index (κ3) is 16.4. The third-order valence-electron chi connectivity index (χ3n) is 4.39. The minimum absolute atomic E-state index is 0.279. The molecule has 25 heavy (non-hydrogen) atoms. The molecule has 0 amide bonds. The van der Waals surface area contributed by atoms with Crippen LogP contribution in [0.15, 0.2) is 12.2 Å². The summed E-state index contributed by atoms with van der Waals surface area (Å²) in [6.45, 7) is 8.96. The monoisotopic (exact) mass is 355 g/mol. The largest absolute Gasteiger partial charge is 0.461 e. The minimum atomic E-state index is -0.287. The van der Waals surface area contributed by atoms with Crippen LogP contribution in [-0.2, 0) is 9.53 Å². The van der Waals surface area contributed by atoms with E-state index in [1.165, 1.54) is 51.0 Å². The second-order valence-electron chi connectivity index (χ2n) is 6.89. The lowest BCUT2D eigenvalue weighted by Crippen LogP contribution is -2.36. The van der Waals surface area contributed by atoms with Gasteiger partial charge in [-0.2, -0.15) is 0 Å². The van der Waals surface area contributed by atoms with Gasteiger partial charge < -0.3 is 9.84 Å². The molecule has 0 aliphatic rings. The van der Waals surface area contributed by atoms with Crippen LogP contribution in [0.2, 0.25) is 0 Å². The van der Waals surface area contributed by atoms with E-state index in [0.29, 0.717) is 19.7 Å². The topological polar surface area (TPSA) is 49.8 Å². The Morgan fingerprint density at radius 1 is 1.00 bits per heavy atom. The lowest BCUT2D eigenvalue weighted by Gasteiger charge is -2.25. The summed E-state index contributed by atoms with van der Waals surface area (Å²) in [7, 11) is 0. The fourth-order valence-corrected chi connectivity index (χ4v) is 2.89. The van der Waals surface area contributed by atoms with Crippen molar-refractivity contribution < 1.29 is 14.6 Å². The van der Waals surface area contributed by atoms with Crippen LogP contribution < -0.4 is 0 Å². The van der Waals surface area contributed by atoms with Crippen LogP contribution in [0.4, 0.5) is 0 Å². The van der Waals surface area contributed by atoms with Gasteiger partial charge in [0.05, 0.1) is 6.10 Å². The van der Waals surface area contributed by atoms with E-state index in [1.807, 2.05) is 0 Å². The number of rotatable bonds is 17. The van der Waals surface area contributed by atoms with Crippen molar-refractivity contribution in [3.8, 4) is 0 Å². The van der Waals surface area contributed by atoms with Gasteiger partial charge >= 0.3 is 5.97 Å². The van der Waals surface area contributed by atoms with Crippen LogP contribution in [0.5, 0.6) is 0 Å². The molecule has 1 unspecified atom stereocenters. The smallest absolute Gasteiger partial charge is 0.330 e. The first-order chi connectivity index (χ1) is 12.1. The summed E-state index contributed by atoms with van der Waals surface area (Å²) < 4.78 is 5.20. The van der Waals surface area contributed by atoms with Gasteiger partial charge in [-0.3, -0.25) is 4.90 Å². The molecule has 0 radical (unpaired) electrons. The molecule has 1 N–H and O–H groups in total. The number of hydrogen-bond acceptors (Lipinski definition) is 4. The van der Waals surface area contributed by atoms with E-state index in [0.717, 1.165) is 25.8 Å². The number of carbonyl (C=O) groups is 1. The zero-order valence-electron chi connectivity index (χ0n) is 16.8. The summed E-state index contributed by atoms with van der Waals surface area (Å²) in [5.41, 5.74) is 0. The predicted molar refractivity (Wildman–Crippen MR) is 106 cm³/mol. The molecule has 0 aliphatic heterocycles. The van der Waals surface area contributed by atoms with Crippen molar-refractivity contribution in [2.75, 3.05) is 26.2 Å². The standard InChI is InChI=1S/C21H41NO3/c1-4-7-9-11-13-16-22(17-18-25-21(24)14-6-3)19-20(23)15-12-10-8-5-2/h6,14,20,23H,4-5,7-13,15-19H2,1-3H3/b14-6+. The Kier molecular flexibility index (Phi) is 17.3. The van der Waals surface area contributed by atoms with Crippen LogP contribution in [0.3, 0.4) is 0 Å². The van der Waals surface area contributed by atoms with Crippen LogP contribution in [-0.4, -0.2) is 48.3 Å². The van der Waals surface area contributed by atoms with Crippen LogP contribution >= 0.6 is 0 Å². The van der Waals surface area contributed by atoms with Gasteiger partial charge in [-0.05, 0) is 26.3 Å². The highest BCUT2D eigenvalue weighted by Crippen LogP contribution is 2.09. The minimum Gasteiger partial charge on any atom is -0.461 e. The van der Waals surface area contributed by atoms with E-state index in [9.17, 15) is 9.90 Å². The molecule has 0 saturated carbocycles. The number of unbranched alkanes of at least 4 members (excludes halogenated alkanes) is 7. The number of hydrogen-bond donors (Lipinski definition) is 1. The maximum absolute atomic E-state index is 11.4. The van der Waals surface area contributed by atoms with E-state index < -0.39 is 0 Å². The number of esters is 1. The number of carbonyl (C=O) groups excluding carboxylic acids is 1. The summed E-state index contributed by atoms with van der Waals surface area (Å²) in [5.74, 6) is -0.287. The number of ether oxygens (including phenoxy) is 1. The Hall–Kier alpha value is -0.870. The van der Waals surface area contributed by atoms with Gasteiger partial charge in [-0.25, -0.2) is 4.79 Å². The third-order valence-corrected chi connectivity index (χ3v) is 4.39. The fourth-order valence-electron chi connectivity index (χ4n) is 2.89. The van der Waals surface area contributed by atoms with E-state index in [-0.39, 0.29) is 12.1 Å². The first kappa shape index (κ1) is 24.1. The highest BCUT2D eigenvalue weighted by atomic mass is 16.5. The average molecular weight is 356 g/mol. The van der Waals surface area contributed by atoms with Gasteiger partial charge in [0, 0.05) is 19.2 Å². The molecule has 0 aromatic carbocycles. The van der Waals surface area contributed by atoms with Crippen LogP contribution in [0.1, 0.15) is 85.0 Å². The van der Waals surface area contributed by atoms with Crippen molar-refractivity contribution in [3.05, 3.63) is 12.2 Å². The molecule has 0 rings (SSSR count). The normalized spacial score (nSPS) is 12.8. The van der Waals surface area contributed by atoms with Crippen molar-refractivity contribution in [3.63, 3.8) is 0 Å². The SMILES string of the molecule is C/C=C/C(=O)OCCN(CCCCCCC)CC(O)CCCCCC. The summed E-state index contributed by atoms with van der Waals surface area (Å²) in [4.78, 5) is 13.7. The van der Waals surface area contributed by atoms with Crippen molar-refractivity contribution in [1.29, 1.82) is 0 Å². The molecular weight excluding hydrogens is 314 g/mol. The van der Waals surface area contributed by atoms with Crippen molar-refractivity contribution in [1.82, 2.24) is 4.90 Å². The first-order valence-electron chi connectivity index (χ1n) is 10.3. The maximum atomic E-state index is 11.4. The Bertz CT molecular complexity index is 331. The first-order valence-corrected chi connectivity index (χ1v) is 10.3. The molecule has 0 heterocycles. The summed E-state index contributed by atoms with van der Waals surface area (Å²) in [5, 5.41) is 10.3. The molecule has 4 nitrogen and oxygen atoms in total. The van der Waals surface area contributed by atoms with Gasteiger partial charge in [-0.15, -0.1) is 0 Å².